The van der Waals surface area contributed by atoms with Crippen molar-refractivity contribution in [2.75, 3.05) is 5.32 Å². The molecule has 206 valence electrons. The number of ether oxygens (including phenoxy) is 1. The summed E-state index contributed by atoms with van der Waals surface area (Å²) in [6.45, 7) is 2.37. The first kappa shape index (κ1) is 28.8. The predicted octanol–water partition coefficient (Wildman–Crippen LogP) is 9.27. The number of hydrazone groups is 1. The zero-order chi connectivity index (χ0) is 28.8. The third-order valence-corrected chi connectivity index (χ3v) is 7.79. The quantitative estimate of drug-likeness (QED) is 0.122. The highest BCUT2D eigenvalue weighted by Gasteiger charge is 2.11. The standard InChI is InChI=1S/C31H23BrCl2N4O2S/c1-19-2-12-25(13-3-19)36-31-37-28(18-41-31)22-6-8-23(9-7-22)30(39)38-35-16-21-14-26(33)29(27(34)15-21)40-17-20-4-10-24(32)11-5-20/h2-16,18H,17H2,1H3,(H,36,37)(H,38,39)/b35-16-. The molecule has 0 atom stereocenters. The first-order valence-electron chi connectivity index (χ1n) is 12.4. The van der Waals surface area contributed by atoms with Gasteiger partial charge in [-0.2, -0.15) is 5.10 Å². The van der Waals surface area contributed by atoms with E-state index in [-0.39, 0.29) is 5.91 Å². The lowest BCUT2D eigenvalue weighted by molar-refractivity contribution is 0.0955. The largest absolute Gasteiger partial charge is 0.486 e. The van der Waals surface area contributed by atoms with Gasteiger partial charge in [0.1, 0.15) is 6.61 Å². The summed E-state index contributed by atoms with van der Waals surface area (Å²) in [5.74, 6) is 0.0372. The predicted molar refractivity (Wildman–Crippen MR) is 172 cm³/mol. The van der Waals surface area contributed by atoms with Gasteiger partial charge in [0.05, 0.1) is 22.0 Å². The summed E-state index contributed by atoms with van der Waals surface area (Å²) in [6.07, 6.45) is 1.47. The number of hydrogen-bond acceptors (Lipinski definition) is 6. The zero-order valence-electron chi connectivity index (χ0n) is 21.7. The van der Waals surface area contributed by atoms with Crippen molar-refractivity contribution >= 4 is 73.4 Å². The second-order valence-corrected chi connectivity index (χ2v) is 11.6. The molecule has 2 N–H and O–H groups in total. The molecule has 0 aliphatic heterocycles. The Bertz CT molecular complexity index is 1670. The minimum atomic E-state index is -0.348. The number of nitrogens with one attached hydrogen (secondary N) is 2. The fourth-order valence-electron chi connectivity index (χ4n) is 3.77. The fraction of sp³-hybridized carbons (Fsp3) is 0.0645. The van der Waals surface area contributed by atoms with Crippen LogP contribution in [0.2, 0.25) is 10.0 Å². The summed E-state index contributed by atoms with van der Waals surface area (Å²) < 4.78 is 6.81. The summed E-state index contributed by atoms with van der Waals surface area (Å²) >= 11 is 17.7. The van der Waals surface area contributed by atoms with Crippen molar-refractivity contribution in [1.29, 1.82) is 0 Å². The van der Waals surface area contributed by atoms with Crippen LogP contribution in [-0.4, -0.2) is 17.1 Å². The number of thiazole rings is 1. The lowest BCUT2D eigenvalue weighted by Gasteiger charge is -2.11. The highest BCUT2D eigenvalue weighted by atomic mass is 79.9. The fourth-order valence-corrected chi connectivity index (χ4v) is 5.39. The maximum Gasteiger partial charge on any atom is 0.271 e. The van der Waals surface area contributed by atoms with Crippen LogP contribution in [0.1, 0.15) is 27.0 Å². The number of carbonyl (C=O) groups excluding carboxylic acids is 1. The number of benzene rings is 4. The molecule has 1 amide bonds. The molecule has 0 saturated heterocycles. The van der Waals surface area contributed by atoms with Gasteiger partial charge in [0.25, 0.3) is 5.91 Å². The van der Waals surface area contributed by atoms with Gasteiger partial charge < -0.3 is 10.1 Å². The molecule has 6 nitrogen and oxygen atoms in total. The number of halogens is 3. The second-order valence-electron chi connectivity index (χ2n) is 9.03. The molecule has 1 heterocycles. The number of hydrogen-bond donors (Lipinski definition) is 2. The molecule has 41 heavy (non-hydrogen) atoms. The average molecular weight is 666 g/mol. The number of nitrogens with zero attached hydrogens (tertiary/aromatic N) is 2. The van der Waals surface area contributed by atoms with Gasteiger partial charge >= 0.3 is 0 Å². The van der Waals surface area contributed by atoms with Crippen LogP contribution in [0.15, 0.2) is 99.9 Å². The number of carbonyl (C=O) groups is 1. The summed E-state index contributed by atoms with van der Waals surface area (Å²) in [7, 11) is 0. The smallest absolute Gasteiger partial charge is 0.271 e. The molecule has 0 aliphatic rings. The minimum absolute atomic E-state index is 0.322. The van der Waals surface area contributed by atoms with Crippen LogP contribution >= 0.6 is 50.5 Å². The molecular formula is C31H23BrCl2N4O2S. The summed E-state index contributed by atoms with van der Waals surface area (Å²) in [5.41, 5.74) is 8.51. The molecule has 5 rings (SSSR count). The van der Waals surface area contributed by atoms with Gasteiger partial charge in [-0.15, -0.1) is 11.3 Å². The van der Waals surface area contributed by atoms with Crippen molar-refractivity contribution < 1.29 is 9.53 Å². The first-order chi connectivity index (χ1) is 19.8. The summed E-state index contributed by atoms with van der Waals surface area (Å²) in [5, 5.41) is 10.8. The van der Waals surface area contributed by atoms with E-state index in [2.05, 4.69) is 43.7 Å². The molecule has 5 aromatic rings. The van der Waals surface area contributed by atoms with Gasteiger partial charge in [0.15, 0.2) is 10.9 Å². The molecule has 4 aromatic carbocycles. The third kappa shape index (κ3) is 7.74. The lowest BCUT2D eigenvalue weighted by atomic mass is 10.1. The van der Waals surface area contributed by atoms with Crippen molar-refractivity contribution in [3.05, 3.63) is 127 Å². The molecule has 0 bridgehead atoms. The number of rotatable bonds is 9. The van der Waals surface area contributed by atoms with Gasteiger partial charge in [0.2, 0.25) is 0 Å². The van der Waals surface area contributed by atoms with E-state index in [0.717, 1.165) is 32.1 Å². The van der Waals surface area contributed by atoms with Crippen LogP contribution in [0, 0.1) is 6.92 Å². The van der Waals surface area contributed by atoms with Crippen LogP contribution in [0.3, 0.4) is 0 Å². The summed E-state index contributed by atoms with van der Waals surface area (Å²) in [4.78, 5) is 17.3. The van der Waals surface area contributed by atoms with Crippen molar-refractivity contribution in [2.45, 2.75) is 13.5 Å². The molecule has 0 unspecified atom stereocenters. The highest BCUT2D eigenvalue weighted by molar-refractivity contribution is 9.10. The van der Waals surface area contributed by atoms with Gasteiger partial charge in [-0.05, 0) is 66.6 Å². The van der Waals surface area contributed by atoms with Crippen LogP contribution in [-0.2, 0) is 6.61 Å². The normalized spacial score (nSPS) is 11.0. The van der Waals surface area contributed by atoms with Crippen LogP contribution in [0.5, 0.6) is 5.75 Å². The Hall–Kier alpha value is -3.69. The molecule has 0 fully saturated rings. The van der Waals surface area contributed by atoms with E-state index in [1.807, 2.05) is 66.0 Å². The second kappa shape index (κ2) is 13.3. The number of amides is 1. The highest BCUT2D eigenvalue weighted by Crippen LogP contribution is 2.34. The molecule has 1 aromatic heterocycles. The van der Waals surface area contributed by atoms with Crippen LogP contribution in [0.4, 0.5) is 10.8 Å². The van der Waals surface area contributed by atoms with Crippen molar-refractivity contribution in [3.63, 3.8) is 0 Å². The van der Waals surface area contributed by atoms with E-state index in [9.17, 15) is 4.79 Å². The first-order valence-corrected chi connectivity index (χ1v) is 14.9. The lowest BCUT2D eigenvalue weighted by Crippen LogP contribution is -2.17. The average Bonchev–Trinajstić information content (AvgIpc) is 3.43. The zero-order valence-corrected chi connectivity index (χ0v) is 25.6. The van der Waals surface area contributed by atoms with Gasteiger partial charge in [-0.1, -0.05) is 81.1 Å². The Labute approximate surface area is 260 Å². The van der Waals surface area contributed by atoms with Gasteiger partial charge in [-0.25, -0.2) is 10.4 Å². The topological polar surface area (TPSA) is 75.6 Å². The maximum atomic E-state index is 12.6. The number of aromatic nitrogens is 1. The number of anilines is 2. The summed E-state index contributed by atoms with van der Waals surface area (Å²) in [6, 6.07) is 26.4. The maximum absolute atomic E-state index is 12.6. The Morgan fingerprint density at radius 1 is 1.00 bits per heavy atom. The van der Waals surface area contributed by atoms with Crippen LogP contribution in [0.25, 0.3) is 11.3 Å². The van der Waals surface area contributed by atoms with E-state index >= 15 is 0 Å². The van der Waals surface area contributed by atoms with E-state index in [1.165, 1.54) is 23.1 Å². The van der Waals surface area contributed by atoms with Crippen molar-refractivity contribution in [2.24, 2.45) is 5.10 Å². The molecule has 0 radical (unpaired) electrons. The molecule has 0 spiro atoms. The van der Waals surface area contributed by atoms with Crippen LogP contribution < -0.4 is 15.5 Å². The third-order valence-electron chi connectivity index (χ3n) is 5.95. The minimum Gasteiger partial charge on any atom is -0.486 e. The Balaban J connectivity index is 1.16. The van der Waals surface area contributed by atoms with Gasteiger partial charge in [-0.3, -0.25) is 4.79 Å². The molecular weight excluding hydrogens is 643 g/mol. The van der Waals surface area contributed by atoms with Crippen molar-refractivity contribution in [3.8, 4) is 17.0 Å². The molecule has 0 aliphatic carbocycles. The SMILES string of the molecule is Cc1ccc(Nc2nc(-c3ccc(C(=O)N/N=C\c4cc(Cl)c(OCc5ccc(Br)cc5)c(Cl)c4)cc3)cs2)cc1. The van der Waals surface area contributed by atoms with E-state index in [4.69, 9.17) is 27.9 Å². The molecule has 0 saturated carbocycles. The molecule has 10 heteroatoms. The monoisotopic (exact) mass is 664 g/mol. The number of aryl methyl sites for hydroxylation is 1. The van der Waals surface area contributed by atoms with E-state index < -0.39 is 0 Å². The van der Waals surface area contributed by atoms with Crippen molar-refractivity contribution in [1.82, 2.24) is 10.4 Å². The Kier molecular flexibility index (Phi) is 9.36. The van der Waals surface area contributed by atoms with E-state index in [0.29, 0.717) is 33.5 Å². The van der Waals surface area contributed by atoms with Gasteiger partial charge in [0, 0.05) is 26.7 Å². The van der Waals surface area contributed by atoms with E-state index in [1.54, 1.807) is 24.3 Å². The Morgan fingerprint density at radius 3 is 2.37 bits per heavy atom. The Morgan fingerprint density at radius 2 is 1.68 bits per heavy atom.